The second-order valence-electron chi connectivity index (χ2n) is 3.99. The molecule has 18 heavy (non-hydrogen) atoms. The number of hydrazine groups is 1. The van der Waals surface area contributed by atoms with Crippen molar-refractivity contribution in [3.05, 3.63) is 34.2 Å². The summed E-state index contributed by atoms with van der Waals surface area (Å²) in [6, 6.07) is 4.91. The zero-order chi connectivity index (χ0) is 13.1. The van der Waals surface area contributed by atoms with E-state index in [1.54, 1.807) is 25.2 Å². The van der Waals surface area contributed by atoms with Crippen molar-refractivity contribution in [1.82, 2.24) is 20.8 Å². The summed E-state index contributed by atoms with van der Waals surface area (Å²) in [5, 5.41) is 0. The van der Waals surface area contributed by atoms with Crippen LogP contribution in [0, 0.1) is 0 Å². The predicted octanol–water partition coefficient (Wildman–Crippen LogP) is -0.503. The Labute approximate surface area is 103 Å². The highest BCUT2D eigenvalue weighted by Gasteiger charge is 2.12. The quantitative estimate of drug-likeness (QED) is 0.469. The van der Waals surface area contributed by atoms with E-state index in [0.717, 1.165) is 11.1 Å². The summed E-state index contributed by atoms with van der Waals surface area (Å²) in [5.74, 6) is -0.187. The molecule has 1 heterocycles. The summed E-state index contributed by atoms with van der Waals surface area (Å²) in [7, 11) is 1.61. The molecule has 2 aromatic rings. The summed E-state index contributed by atoms with van der Waals surface area (Å²) in [6.07, 6.45) is 0.168. The number of benzene rings is 1. The number of carbonyl (C=O) groups excluding carboxylic acids is 1. The molecule has 0 spiro atoms. The van der Waals surface area contributed by atoms with Crippen molar-refractivity contribution in [1.29, 1.82) is 0 Å². The average Bonchev–Trinajstić information content (AvgIpc) is 2.68. The molecule has 6 N–H and O–H groups in total. The van der Waals surface area contributed by atoms with Crippen molar-refractivity contribution in [3.63, 3.8) is 0 Å². The summed E-state index contributed by atoms with van der Waals surface area (Å²) < 4.78 is 0. The van der Waals surface area contributed by atoms with Crippen LogP contribution in [0.4, 0.5) is 0 Å². The zero-order valence-corrected chi connectivity index (χ0v) is 9.91. The van der Waals surface area contributed by atoms with Gasteiger partial charge in [-0.25, -0.2) is 10.2 Å². The highest BCUT2D eigenvalue weighted by molar-refractivity contribution is 5.78. The molecule has 0 aliphatic rings. The summed E-state index contributed by atoms with van der Waals surface area (Å²) in [5.41, 5.74) is 12.9. The van der Waals surface area contributed by atoms with Gasteiger partial charge in [-0.2, -0.15) is 0 Å². The number of nitrogens with two attached hydrogens (primary N) is 1. The van der Waals surface area contributed by atoms with E-state index in [4.69, 9.17) is 5.73 Å². The van der Waals surface area contributed by atoms with E-state index in [1.807, 2.05) is 0 Å². The van der Waals surface area contributed by atoms with E-state index in [0.29, 0.717) is 5.52 Å². The van der Waals surface area contributed by atoms with E-state index in [-0.39, 0.29) is 18.0 Å². The van der Waals surface area contributed by atoms with Crippen LogP contribution in [0.5, 0.6) is 0 Å². The first-order chi connectivity index (χ1) is 8.60. The standard InChI is InChI=1S/C11H15N5O2/c1-13-16-10(17)5-7(12)6-2-3-8-9(4-6)15-11(18)14-8/h2-4,7,13H,5,12H2,1H3,(H,16,17)(H2,14,15,18). The first kappa shape index (κ1) is 12.3. The predicted molar refractivity (Wildman–Crippen MR) is 67.7 cm³/mol. The van der Waals surface area contributed by atoms with Gasteiger partial charge in [-0.15, -0.1) is 0 Å². The van der Waals surface area contributed by atoms with E-state index in [1.165, 1.54) is 0 Å². The lowest BCUT2D eigenvalue weighted by Crippen LogP contribution is -2.36. The van der Waals surface area contributed by atoms with Crippen molar-refractivity contribution in [2.45, 2.75) is 12.5 Å². The Morgan fingerprint density at radius 3 is 2.83 bits per heavy atom. The summed E-state index contributed by atoms with van der Waals surface area (Å²) >= 11 is 0. The maximum Gasteiger partial charge on any atom is 0.323 e. The van der Waals surface area contributed by atoms with E-state index >= 15 is 0 Å². The smallest absolute Gasteiger partial charge is 0.323 e. The van der Waals surface area contributed by atoms with Crippen LogP contribution in [0.15, 0.2) is 23.0 Å². The lowest BCUT2D eigenvalue weighted by molar-refractivity contribution is -0.122. The lowest BCUT2D eigenvalue weighted by Gasteiger charge is -2.11. The number of rotatable bonds is 4. The van der Waals surface area contributed by atoms with Gasteiger partial charge >= 0.3 is 5.69 Å². The molecule has 7 heteroatoms. The van der Waals surface area contributed by atoms with Gasteiger partial charge in [0, 0.05) is 19.5 Å². The number of imidazole rings is 1. The van der Waals surface area contributed by atoms with Crippen molar-refractivity contribution in [2.24, 2.45) is 5.73 Å². The Balaban J connectivity index is 2.19. The average molecular weight is 249 g/mol. The Morgan fingerprint density at radius 2 is 2.11 bits per heavy atom. The highest BCUT2D eigenvalue weighted by Crippen LogP contribution is 2.17. The molecule has 1 amide bonds. The van der Waals surface area contributed by atoms with Gasteiger partial charge in [0.1, 0.15) is 0 Å². The van der Waals surface area contributed by atoms with Crippen molar-refractivity contribution in [2.75, 3.05) is 7.05 Å². The van der Waals surface area contributed by atoms with E-state index in [9.17, 15) is 9.59 Å². The number of nitrogens with one attached hydrogen (secondary N) is 4. The van der Waals surface area contributed by atoms with Gasteiger partial charge in [-0.3, -0.25) is 10.2 Å². The lowest BCUT2D eigenvalue weighted by atomic mass is 10.0. The SMILES string of the molecule is CNNC(=O)CC(N)c1ccc2[nH]c(=O)[nH]c2c1. The first-order valence-corrected chi connectivity index (χ1v) is 5.53. The van der Waals surface area contributed by atoms with Gasteiger partial charge in [0.15, 0.2) is 0 Å². The van der Waals surface area contributed by atoms with Crippen LogP contribution < -0.4 is 22.3 Å². The van der Waals surface area contributed by atoms with E-state index < -0.39 is 6.04 Å². The number of H-pyrrole nitrogens is 2. The Morgan fingerprint density at radius 1 is 1.39 bits per heavy atom. The fourth-order valence-electron chi connectivity index (χ4n) is 1.79. The van der Waals surface area contributed by atoms with Crippen LogP contribution in [0.25, 0.3) is 11.0 Å². The van der Waals surface area contributed by atoms with Crippen molar-refractivity contribution >= 4 is 16.9 Å². The maximum atomic E-state index is 11.4. The highest BCUT2D eigenvalue weighted by atomic mass is 16.2. The molecule has 96 valence electrons. The minimum Gasteiger partial charge on any atom is -0.324 e. The molecule has 1 atom stereocenters. The molecule has 7 nitrogen and oxygen atoms in total. The molecule has 0 bridgehead atoms. The van der Waals surface area contributed by atoms with Gasteiger partial charge in [-0.05, 0) is 17.7 Å². The monoisotopic (exact) mass is 249 g/mol. The van der Waals surface area contributed by atoms with Crippen molar-refractivity contribution < 1.29 is 4.79 Å². The van der Waals surface area contributed by atoms with Crippen LogP contribution in [-0.2, 0) is 4.79 Å². The molecule has 0 aliphatic heterocycles. The molecule has 0 radical (unpaired) electrons. The van der Waals surface area contributed by atoms with Gasteiger partial charge in [0.25, 0.3) is 0 Å². The van der Waals surface area contributed by atoms with Crippen molar-refractivity contribution in [3.8, 4) is 0 Å². The maximum absolute atomic E-state index is 11.4. The van der Waals surface area contributed by atoms with Crippen LogP contribution in [0.2, 0.25) is 0 Å². The molecule has 0 aliphatic carbocycles. The number of aromatic nitrogens is 2. The fourth-order valence-corrected chi connectivity index (χ4v) is 1.79. The fraction of sp³-hybridized carbons (Fsp3) is 0.273. The zero-order valence-electron chi connectivity index (χ0n) is 9.91. The Hall–Kier alpha value is -2.12. The first-order valence-electron chi connectivity index (χ1n) is 5.53. The molecule has 0 saturated carbocycles. The second kappa shape index (κ2) is 5.03. The molecular formula is C11H15N5O2. The Kier molecular flexibility index (Phi) is 3.45. The number of amides is 1. The van der Waals surface area contributed by atoms with Gasteiger partial charge < -0.3 is 15.7 Å². The van der Waals surface area contributed by atoms with Gasteiger partial charge in [-0.1, -0.05) is 6.07 Å². The third-order valence-electron chi connectivity index (χ3n) is 2.64. The molecular weight excluding hydrogens is 234 g/mol. The van der Waals surface area contributed by atoms with Crippen LogP contribution in [0.1, 0.15) is 18.0 Å². The minimum absolute atomic E-state index is 0.168. The number of carbonyl (C=O) groups is 1. The van der Waals surface area contributed by atoms with Crippen LogP contribution in [-0.4, -0.2) is 22.9 Å². The number of hydrogen-bond donors (Lipinski definition) is 5. The molecule has 1 aromatic carbocycles. The van der Waals surface area contributed by atoms with Gasteiger partial charge in [0.05, 0.1) is 11.0 Å². The number of fused-ring (bicyclic) bond motifs is 1. The molecule has 0 fully saturated rings. The number of hydrogen-bond acceptors (Lipinski definition) is 4. The normalized spacial score (nSPS) is 12.6. The topological polar surface area (TPSA) is 116 Å². The molecule has 1 aromatic heterocycles. The number of aromatic amines is 2. The van der Waals surface area contributed by atoms with E-state index in [2.05, 4.69) is 20.8 Å². The molecule has 2 rings (SSSR count). The summed E-state index contributed by atoms with van der Waals surface area (Å²) in [6.45, 7) is 0. The molecule has 0 saturated heterocycles. The third-order valence-corrected chi connectivity index (χ3v) is 2.64. The van der Waals surface area contributed by atoms with Crippen LogP contribution >= 0.6 is 0 Å². The largest absolute Gasteiger partial charge is 0.324 e. The minimum atomic E-state index is -0.416. The second-order valence-corrected chi connectivity index (χ2v) is 3.99. The summed E-state index contributed by atoms with van der Waals surface area (Å²) in [4.78, 5) is 27.8. The molecule has 1 unspecified atom stereocenters. The van der Waals surface area contributed by atoms with Gasteiger partial charge in [0.2, 0.25) is 5.91 Å². The third kappa shape index (κ3) is 2.58. The van der Waals surface area contributed by atoms with Crippen LogP contribution in [0.3, 0.4) is 0 Å². The Bertz CT molecular complexity index is 615.